The second kappa shape index (κ2) is 6.73. The lowest BCUT2D eigenvalue weighted by molar-refractivity contribution is 0.597. The maximum atomic E-state index is 13.2. The Kier molecular flexibility index (Phi) is 4.64. The highest BCUT2D eigenvalue weighted by atomic mass is 32.2. The number of sulfonamides is 1. The van der Waals surface area contributed by atoms with Crippen molar-refractivity contribution in [1.29, 1.82) is 0 Å². The van der Waals surface area contributed by atoms with E-state index < -0.39 is 10.0 Å². The third-order valence-corrected chi connectivity index (χ3v) is 4.52. The Morgan fingerprint density at radius 1 is 1.08 bits per heavy atom. The molecule has 0 aliphatic heterocycles. The Balaban J connectivity index is 2.09. The second-order valence-corrected chi connectivity index (χ2v) is 6.92. The van der Waals surface area contributed by atoms with Gasteiger partial charge < -0.3 is 0 Å². The molecule has 1 aromatic heterocycles. The van der Waals surface area contributed by atoms with E-state index in [-0.39, 0.29) is 10.7 Å². The third kappa shape index (κ3) is 3.74. The van der Waals surface area contributed by atoms with Crippen molar-refractivity contribution in [3.05, 3.63) is 66.1 Å². The molecule has 0 radical (unpaired) electrons. The SMILES string of the molecule is NNCc1cc(-c2ccc(F)cc2)n(-c2ccc(S(N)(=O)=O)cc2)n1. The molecular formula is C16H16FN5O2S. The van der Waals surface area contributed by atoms with Gasteiger partial charge >= 0.3 is 0 Å². The molecule has 9 heteroatoms. The normalized spacial score (nSPS) is 11.6. The number of rotatable bonds is 5. The van der Waals surface area contributed by atoms with Crippen molar-refractivity contribution in [3.63, 3.8) is 0 Å². The standard InChI is InChI=1S/C16H16FN5O2S/c17-12-3-1-11(2-4-12)16-9-13(10-20-18)21-22(16)14-5-7-15(8-6-14)25(19,23)24/h1-9,20H,10,18H2,(H2,19,23,24). The summed E-state index contributed by atoms with van der Waals surface area (Å²) in [6.07, 6.45) is 0. The molecule has 5 N–H and O–H groups in total. The fourth-order valence-corrected chi connectivity index (χ4v) is 2.94. The van der Waals surface area contributed by atoms with Gasteiger partial charge in [-0.15, -0.1) is 0 Å². The first kappa shape index (κ1) is 17.2. The molecule has 0 fully saturated rings. The van der Waals surface area contributed by atoms with Crippen molar-refractivity contribution in [2.75, 3.05) is 0 Å². The smallest absolute Gasteiger partial charge is 0.238 e. The van der Waals surface area contributed by atoms with Crippen molar-refractivity contribution in [2.45, 2.75) is 11.4 Å². The molecule has 25 heavy (non-hydrogen) atoms. The van der Waals surface area contributed by atoms with Gasteiger partial charge in [0.2, 0.25) is 10.0 Å². The van der Waals surface area contributed by atoms with Crippen LogP contribution >= 0.6 is 0 Å². The predicted octanol–water partition coefficient (Wildman–Crippen LogP) is 1.29. The van der Waals surface area contributed by atoms with E-state index in [1.165, 1.54) is 24.3 Å². The summed E-state index contributed by atoms with van der Waals surface area (Å²) in [6.45, 7) is 0.344. The van der Waals surface area contributed by atoms with E-state index in [1.54, 1.807) is 28.9 Å². The van der Waals surface area contributed by atoms with Crippen molar-refractivity contribution < 1.29 is 12.8 Å². The first-order chi connectivity index (χ1) is 11.9. The minimum Gasteiger partial charge on any atom is -0.271 e. The summed E-state index contributed by atoms with van der Waals surface area (Å²) in [4.78, 5) is 0.00980. The number of hydrazine groups is 1. The summed E-state index contributed by atoms with van der Waals surface area (Å²) >= 11 is 0. The van der Waals surface area contributed by atoms with E-state index in [9.17, 15) is 12.8 Å². The van der Waals surface area contributed by atoms with E-state index in [0.29, 0.717) is 23.6 Å². The Bertz CT molecular complexity index is 982. The molecule has 0 aliphatic carbocycles. The molecule has 0 aliphatic rings. The first-order valence-electron chi connectivity index (χ1n) is 7.30. The maximum Gasteiger partial charge on any atom is 0.238 e. The second-order valence-electron chi connectivity index (χ2n) is 5.36. The monoisotopic (exact) mass is 361 g/mol. The van der Waals surface area contributed by atoms with Crippen LogP contribution in [0.25, 0.3) is 16.9 Å². The van der Waals surface area contributed by atoms with Crippen molar-refractivity contribution >= 4 is 10.0 Å². The van der Waals surface area contributed by atoms with E-state index in [1.807, 2.05) is 6.07 Å². The Hall–Kier alpha value is -2.59. The first-order valence-corrected chi connectivity index (χ1v) is 8.85. The molecular weight excluding hydrogens is 345 g/mol. The number of primary sulfonamides is 1. The Morgan fingerprint density at radius 3 is 2.28 bits per heavy atom. The zero-order valence-electron chi connectivity index (χ0n) is 13.1. The van der Waals surface area contributed by atoms with E-state index >= 15 is 0 Å². The zero-order valence-corrected chi connectivity index (χ0v) is 13.9. The molecule has 2 aromatic carbocycles. The maximum absolute atomic E-state index is 13.2. The molecule has 0 bridgehead atoms. The number of nitrogens with two attached hydrogens (primary N) is 2. The summed E-state index contributed by atoms with van der Waals surface area (Å²) in [5.74, 6) is 5.02. The van der Waals surface area contributed by atoms with Crippen LogP contribution in [0.3, 0.4) is 0 Å². The predicted molar refractivity (Wildman–Crippen MR) is 91.4 cm³/mol. The largest absolute Gasteiger partial charge is 0.271 e. The van der Waals surface area contributed by atoms with Gasteiger partial charge in [-0.1, -0.05) is 0 Å². The quantitative estimate of drug-likeness (QED) is 0.468. The average Bonchev–Trinajstić information content (AvgIpc) is 2.99. The van der Waals surface area contributed by atoms with Crippen LogP contribution < -0.4 is 16.4 Å². The number of nitrogens with one attached hydrogen (secondary N) is 1. The fraction of sp³-hybridized carbons (Fsp3) is 0.0625. The van der Waals surface area contributed by atoms with Gasteiger partial charge in [-0.2, -0.15) is 5.10 Å². The van der Waals surface area contributed by atoms with Gasteiger partial charge in [0.05, 0.1) is 28.5 Å². The number of benzene rings is 2. The summed E-state index contributed by atoms with van der Waals surface area (Å²) in [5.41, 5.74) is 5.32. The average molecular weight is 361 g/mol. The molecule has 1 heterocycles. The molecule has 0 saturated carbocycles. The van der Waals surface area contributed by atoms with Crippen molar-refractivity contribution in [1.82, 2.24) is 15.2 Å². The fourth-order valence-electron chi connectivity index (χ4n) is 2.42. The van der Waals surface area contributed by atoms with Gasteiger partial charge in [0.25, 0.3) is 0 Å². The lowest BCUT2D eigenvalue weighted by Gasteiger charge is -2.08. The zero-order chi connectivity index (χ0) is 18.0. The Morgan fingerprint density at radius 2 is 1.72 bits per heavy atom. The molecule has 0 saturated heterocycles. The number of nitrogens with zero attached hydrogens (tertiary/aromatic N) is 2. The summed E-state index contributed by atoms with van der Waals surface area (Å²) < 4.78 is 37.6. The van der Waals surface area contributed by atoms with Crippen molar-refractivity contribution in [3.8, 4) is 16.9 Å². The van der Waals surface area contributed by atoms with Crippen molar-refractivity contribution in [2.24, 2.45) is 11.0 Å². The number of hydrogen-bond donors (Lipinski definition) is 3. The lowest BCUT2D eigenvalue weighted by Crippen LogP contribution is -2.21. The van der Waals surface area contributed by atoms with E-state index in [2.05, 4.69) is 10.5 Å². The minimum atomic E-state index is -3.77. The van der Waals surface area contributed by atoms with Gasteiger partial charge in [0.1, 0.15) is 5.82 Å². The molecule has 7 nitrogen and oxygen atoms in total. The third-order valence-electron chi connectivity index (χ3n) is 3.59. The molecule has 0 spiro atoms. The van der Waals surface area contributed by atoms with Crippen LogP contribution in [-0.4, -0.2) is 18.2 Å². The molecule has 0 unspecified atom stereocenters. The van der Waals surface area contributed by atoms with Gasteiger partial charge in [0, 0.05) is 5.56 Å². The summed E-state index contributed by atoms with van der Waals surface area (Å²) in [6, 6.07) is 13.8. The molecule has 3 aromatic rings. The number of aromatic nitrogens is 2. The topological polar surface area (TPSA) is 116 Å². The molecule has 3 rings (SSSR count). The molecule has 0 amide bonds. The van der Waals surface area contributed by atoms with E-state index in [0.717, 1.165) is 5.56 Å². The molecule has 0 atom stereocenters. The van der Waals surface area contributed by atoms with Crippen LogP contribution in [-0.2, 0) is 16.6 Å². The minimum absolute atomic E-state index is 0.00980. The van der Waals surface area contributed by atoms with Crippen LogP contribution in [0.2, 0.25) is 0 Å². The van der Waals surface area contributed by atoms with Gasteiger partial charge in [-0.25, -0.2) is 22.6 Å². The lowest BCUT2D eigenvalue weighted by atomic mass is 10.1. The van der Waals surface area contributed by atoms with Crippen LogP contribution in [0.15, 0.2) is 59.5 Å². The summed E-state index contributed by atoms with van der Waals surface area (Å²) in [5, 5.41) is 9.58. The van der Waals surface area contributed by atoms with Crippen LogP contribution in [0.5, 0.6) is 0 Å². The highest BCUT2D eigenvalue weighted by Crippen LogP contribution is 2.25. The number of hydrogen-bond acceptors (Lipinski definition) is 5. The van der Waals surface area contributed by atoms with E-state index in [4.69, 9.17) is 11.0 Å². The summed E-state index contributed by atoms with van der Waals surface area (Å²) in [7, 11) is -3.77. The van der Waals surface area contributed by atoms with Gasteiger partial charge in [0.15, 0.2) is 0 Å². The Labute approximate surface area is 144 Å². The highest BCUT2D eigenvalue weighted by Gasteiger charge is 2.13. The highest BCUT2D eigenvalue weighted by molar-refractivity contribution is 7.89. The van der Waals surface area contributed by atoms with Crippen LogP contribution in [0.4, 0.5) is 4.39 Å². The van der Waals surface area contributed by atoms with Crippen LogP contribution in [0.1, 0.15) is 5.69 Å². The van der Waals surface area contributed by atoms with Gasteiger partial charge in [-0.05, 0) is 54.6 Å². The van der Waals surface area contributed by atoms with Crippen LogP contribution in [0, 0.1) is 5.82 Å². The van der Waals surface area contributed by atoms with Gasteiger partial charge in [-0.3, -0.25) is 11.3 Å². The molecule has 130 valence electrons. The number of halogens is 1.